The number of carbonyl (C=O) groups is 1. The van der Waals surface area contributed by atoms with Gasteiger partial charge in [0.2, 0.25) is 0 Å². The van der Waals surface area contributed by atoms with Crippen LogP contribution in [0.2, 0.25) is 0 Å². The van der Waals surface area contributed by atoms with E-state index in [4.69, 9.17) is 11.2 Å². The van der Waals surface area contributed by atoms with Gasteiger partial charge >= 0.3 is 5.97 Å². The van der Waals surface area contributed by atoms with Crippen LogP contribution in [-0.2, 0) is 9.53 Å². The highest BCUT2D eigenvalue weighted by Gasteiger charge is 2.31. The van der Waals surface area contributed by atoms with Crippen LogP contribution >= 0.6 is 0 Å². The number of terminal acetylenes is 1. The summed E-state index contributed by atoms with van der Waals surface area (Å²) in [5.74, 6) is 2.94. The van der Waals surface area contributed by atoms with Crippen molar-refractivity contribution in [1.82, 2.24) is 0 Å². The van der Waals surface area contributed by atoms with Gasteiger partial charge in [0, 0.05) is 12.3 Å². The highest BCUT2D eigenvalue weighted by molar-refractivity contribution is 5.71. The molecular weight excluding hydrogens is 140 g/mol. The first-order valence-corrected chi connectivity index (χ1v) is 3.80. The Morgan fingerprint density at radius 2 is 2.27 bits per heavy atom. The van der Waals surface area contributed by atoms with Crippen molar-refractivity contribution >= 4 is 5.97 Å². The zero-order valence-corrected chi connectivity index (χ0v) is 6.83. The third kappa shape index (κ3) is 1.54. The fourth-order valence-corrected chi connectivity index (χ4v) is 1.23. The zero-order valence-electron chi connectivity index (χ0n) is 6.83. The standard InChI is InChI=1S/C9H12O2/c1-4-8-7(3)6(2)5-9(10)11-8/h1,6-8H,5H2,2-3H3. The molecule has 3 atom stereocenters. The first-order valence-electron chi connectivity index (χ1n) is 3.80. The normalized spacial score (nSPS) is 37.5. The second-order valence-electron chi connectivity index (χ2n) is 3.12. The Morgan fingerprint density at radius 1 is 1.64 bits per heavy atom. The van der Waals surface area contributed by atoms with Gasteiger partial charge in [-0.1, -0.05) is 19.8 Å². The smallest absolute Gasteiger partial charge is 0.307 e. The highest BCUT2D eigenvalue weighted by atomic mass is 16.5. The van der Waals surface area contributed by atoms with Crippen molar-refractivity contribution in [3.8, 4) is 12.3 Å². The summed E-state index contributed by atoms with van der Waals surface area (Å²) in [6.45, 7) is 4.04. The van der Waals surface area contributed by atoms with Gasteiger partial charge in [0.15, 0.2) is 6.10 Å². The van der Waals surface area contributed by atoms with Crippen LogP contribution in [0.5, 0.6) is 0 Å². The number of rotatable bonds is 0. The maximum Gasteiger partial charge on any atom is 0.307 e. The van der Waals surface area contributed by atoms with Gasteiger partial charge in [-0.3, -0.25) is 4.79 Å². The molecule has 0 amide bonds. The lowest BCUT2D eigenvalue weighted by molar-refractivity contribution is -0.156. The minimum Gasteiger partial charge on any atom is -0.449 e. The van der Waals surface area contributed by atoms with Crippen molar-refractivity contribution in [2.24, 2.45) is 11.8 Å². The molecule has 60 valence electrons. The Labute approximate surface area is 66.9 Å². The minimum absolute atomic E-state index is 0.168. The molecule has 2 nitrogen and oxygen atoms in total. The van der Waals surface area contributed by atoms with E-state index in [2.05, 4.69) is 5.92 Å². The summed E-state index contributed by atoms with van der Waals surface area (Å²) in [6, 6.07) is 0. The van der Waals surface area contributed by atoms with Gasteiger partial charge in [-0.15, -0.1) is 6.42 Å². The average molecular weight is 152 g/mol. The Balaban J connectivity index is 2.68. The molecule has 1 rings (SSSR count). The Kier molecular flexibility index (Phi) is 2.19. The van der Waals surface area contributed by atoms with Crippen molar-refractivity contribution < 1.29 is 9.53 Å². The van der Waals surface area contributed by atoms with Gasteiger partial charge in [-0.05, 0) is 5.92 Å². The van der Waals surface area contributed by atoms with Crippen LogP contribution in [-0.4, -0.2) is 12.1 Å². The molecule has 0 aromatic rings. The molecule has 0 spiro atoms. The SMILES string of the molecule is C#CC1OC(=O)CC(C)C1C. The first kappa shape index (κ1) is 8.13. The van der Waals surface area contributed by atoms with Gasteiger partial charge < -0.3 is 4.74 Å². The summed E-state index contributed by atoms with van der Waals surface area (Å²) in [4.78, 5) is 10.9. The molecule has 0 saturated carbocycles. The number of esters is 1. The Morgan fingerprint density at radius 3 is 2.82 bits per heavy atom. The molecule has 0 radical (unpaired) electrons. The fourth-order valence-electron chi connectivity index (χ4n) is 1.23. The molecule has 1 fully saturated rings. The monoisotopic (exact) mass is 152 g/mol. The fraction of sp³-hybridized carbons (Fsp3) is 0.667. The molecular formula is C9H12O2. The first-order chi connectivity index (χ1) is 5.15. The second-order valence-corrected chi connectivity index (χ2v) is 3.12. The van der Waals surface area contributed by atoms with E-state index >= 15 is 0 Å². The van der Waals surface area contributed by atoms with Crippen molar-refractivity contribution in [2.45, 2.75) is 26.4 Å². The topological polar surface area (TPSA) is 26.3 Å². The molecule has 0 bridgehead atoms. The average Bonchev–Trinajstić information content (AvgIpc) is 1.96. The lowest BCUT2D eigenvalue weighted by Crippen LogP contribution is -2.35. The highest BCUT2D eigenvalue weighted by Crippen LogP contribution is 2.26. The summed E-state index contributed by atoms with van der Waals surface area (Å²) in [5, 5.41) is 0. The molecule has 2 heteroatoms. The summed E-state index contributed by atoms with van der Waals surface area (Å²) < 4.78 is 4.94. The minimum atomic E-state index is -0.314. The molecule has 3 unspecified atom stereocenters. The van der Waals surface area contributed by atoms with E-state index in [9.17, 15) is 4.79 Å². The maximum absolute atomic E-state index is 10.9. The summed E-state index contributed by atoms with van der Waals surface area (Å²) in [5.41, 5.74) is 0. The van der Waals surface area contributed by atoms with Crippen molar-refractivity contribution in [2.75, 3.05) is 0 Å². The third-order valence-corrected chi connectivity index (χ3v) is 2.29. The van der Waals surface area contributed by atoms with Gasteiger partial charge in [-0.25, -0.2) is 0 Å². The van der Waals surface area contributed by atoms with Crippen LogP contribution in [0, 0.1) is 24.2 Å². The van der Waals surface area contributed by atoms with Crippen molar-refractivity contribution in [3.05, 3.63) is 0 Å². The van der Waals surface area contributed by atoms with Crippen LogP contribution < -0.4 is 0 Å². The van der Waals surface area contributed by atoms with E-state index in [1.807, 2.05) is 13.8 Å². The third-order valence-electron chi connectivity index (χ3n) is 2.29. The van der Waals surface area contributed by atoms with Crippen LogP contribution in [0.3, 0.4) is 0 Å². The Bertz CT molecular complexity index is 202. The molecule has 1 saturated heterocycles. The second kappa shape index (κ2) is 2.96. The number of hydrogen-bond acceptors (Lipinski definition) is 2. The lowest BCUT2D eigenvalue weighted by Gasteiger charge is -2.29. The largest absolute Gasteiger partial charge is 0.449 e. The van der Waals surface area contributed by atoms with Crippen molar-refractivity contribution in [3.63, 3.8) is 0 Å². The molecule has 0 N–H and O–H groups in total. The summed E-state index contributed by atoms with van der Waals surface area (Å²) in [6.07, 6.45) is 5.38. The molecule has 0 aromatic heterocycles. The predicted molar refractivity (Wildman–Crippen MR) is 41.7 cm³/mol. The van der Waals surface area contributed by atoms with Crippen LogP contribution in [0.1, 0.15) is 20.3 Å². The molecule has 0 aliphatic carbocycles. The van der Waals surface area contributed by atoms with E-state index in [0.717, 1.165) is 0 Å². The number of carbonyl (C=O) groups excluding carboxylic acids is 1. The Hall–Kier alpha value is -0.970. The quantitative estimate of drug-likeness (QED) is 0.385. The molecule has 11 heavy (non-hydrogen) atoms. The van der Waals surface area contributed by atoms with E-state index in [1.54, 1.807) is 0 Å². The van der Waals surface area contributed by atoms with Crippen LogP contribution in [0.4, 0.5) is 0 Å². The summed E-state index contributed by atoms with van der Waals surface area (Å²) >= 11 is 0. The predicted octanol–water partition coefficient (Wildman–Crippen LogP) is 1.21. The van der Waals surface area contributed by atoms with Crippen molar-refractivity contribution in [1.29, 1.82) is 0 Å². The van der Waals surface area contributed by atoms with E-state index in [-0.39, 0.29) is 18.0 Å². The number of ether oxygens (including phenoxy) is 1. The summed E-state index contributed by atoms with van der Waals surface area (Å²) in [7, 11) is 0. The van der Waals surface area contributed by atoms with Gasteiger partial charge in [0.25, 0.3) is 0 Å². The van der Waals surface area contributed by atoms with Gasteiger partial charge in [-0.2, -0.15) is 0 Å². The lowest BCUT2D eigenvalue weighted by atomic mass is 9.86. The van der Waals surface area contributed by atoms with Gasteiger partial charge in [0.05, 0.1) is 0 Å². The number of cyclic esters (lactones) is 1. The van der Waals surface area contributed by atoms with Crippen LogP contribution in [0.15, 0.2) is 0 Å². The van der Waals surface area contributed by atoms with E-state index in [0.29, 0.717) is 12.3 Å². The molecule has 0 aromatic carbocycles. The van der Waals surface area contributed by atoms with Crippen LogP contribution in [0.25, 0.3) is 0 Å². The zero-order chi connectivity index (χ0) is 8.43. The molecule has 1 aliphatic rings. The molecule has 1 aliphatic heterocycles. The van der Waals surface area contributed by atoms with Gasteiger partial charge in [0.1, 0.15) is 0 Å². The maximum atomic E-state index is 10.9. The van der Waals surface area contributed by atoms with E-state index in [1.165, 1.54) is 0 Å². The number of hydrogen-bond donors (Lipinski definition) is 0. The molecule has 1 heterocycles. The van der Waals surface area contributed by atoms with E-state index < -0.39 is 0 Å².